The third-order valence-corrected chi connectivity index (χ3v) is 0.607. The fourth-order valence-corrected chi connectivity index (χ4v) is 0.342. The van der Waals surface area contributed by atoms with Crippen LogP contribution in [0.1, 0.15) is 0 Å². The van der Waals surface area contributed by atoms with Crippen LogP contribution >= 0.6 is 63.0 Å². The Bertz CT molecular complexity index is 143. The Hall–Kier alpha value is 1.13. The van der Waals surface area contributed by atoms with Crippen LogP contribution < -0.4 is 4.98 Å². The third kappa shape index (κ3) is 18.3. The molecule has 1 N–H and O–H groups in total. The summed E-state index contributed by atoms with van der Waals surface area (Å²) in [6, 6.07) is 5.86. The molecule has 0 atom stereocenters. The quantitative estimate of drug-likeness (QED) is 0.582. The van der Waals surface area contributed by atoms with E-state index in [0.717, 1.165) is 0 Å². The van der Waals surface area contributed by atoms with Crippen molar-refractivity contribution < 1.29 is 4.98 Å². The molecule has 1 rings (SSSR count). The number of halogens is 4. The van der Waals surface area contributed by atoms with Gasteiger partial charge in [-0.05, 0) is 0 Å². The molecule has 0 amide bonds. The molecule has 0 spiro atoms. The molecule has 6 heteroatoms. The van der Waals surface area contributed by atoms with Gasteiger partial charge >= 0.3 is 0 Å². The van der Waals surface area contributed by atoms with Crippen LogP contribution in [0, 0.1) is 0 Å². The Morgan fingerprint density at radius 1 is 0.818 bits per heavy atom. The van der Waals surface area contributed by atoms with Gasteiger partial charge in [0.2, 0.25) is 1.44 Å². The fourth-order valence-electron chi connectivity index (χ4n) is 0.342. The van der Waals surface area contributed by atoms with Crippen LogP contribution in [0.15, 0.2) is 30.6 Å². The van der Waals surface area contributed by atoms with Gasteiger partial charge in [0.25, 0.3) is 0 Å². The molecule has 1 aromatic rings. The molecule has 0 unspecified atom stereocenters. The second-order valence-corrected chi connectivity index (χ2v) is 14.4. The summed E-state index contributed by atoms with van der Waals surface area (Å²) in [5, 5.41) is 0. The minimum Gasteiger partial charge on any atom is -0.311 e. The van der Waals surface area contributed by atoms with Crippen LogP contribution in [0.2, 0.25) is 0 Å². The molecular formula is C5H6BBr4N. The van der Waals surface area contributed by atoms with Gasteiger partial charge in [-0.15, -0.1) is 0 Å². The molecule has 0 aliphatic rings. The van der Waals surface area contributed by atoms with E-state index < -0.39 is 1.44 Å². The monoisotopic (exact) mass is 407 g/mol. The summed E-state index contributed by atoms with van der Waals surface area (Å²) in [5.74, 6) is 0. The first-order chi connectivity index (χ1) is 5.00. The van der Waals surface area contributed by atoms with Crippen LogP contribution in [0.25, 0.3) is 0 Å². The number of hydrogen-bond donors (Lipinski definition) is 0. The predicted octanol–water partition coefficient (Wildman–Crippen LogP) is 3.50. The number of nitrogens with one attached hydrogen (secondary N) is 1. The highest BCUT2D eigenvalue weighted by atomic mass is 80.0. The number of H-pyrrole nitrogens is 1. The number of hydrogen-bond acceptors (Lipinski definition) is 0. The normalized spacial score (nSPS) is 9.82. The number of aromatic amines is 1. The molecule has 0 bridgehead atoms. The summed E-state index contributed by atoms with van der Waals surface area (Å²) in [7, 11) is 0. The van der Waals surface area contributed by atoms with Crippen LogP contribution in [-0.4, -0.2) is 1.44 Å². The summed E-state index contributed by atoms with van der Waals surface area (Å²) in [4.78, 5) is 2.89. The molecule has 0 radical (unpaired) electrons. The Balaban J connectivity index is 0.000000187. The number of rotatable bonds is 0. The van der Waals surface area contributed by atoms with Crippen molar-refractivity contribution in [1.82, 2.24) is 0 Å². The highest BCUT2D eigenvalue weighted by molar-refractivity contribution is 9.90. The van der Waals surface area contributed by atoms with E-state index in [1.54, 1.807) is 0 Å². The molecule has 0 aliphatic heterocycles. The maximum absolute atomic E-state index is 3.19. The summed E-state index contributed by atoms with van der Waals surface area (Å²) in [6.07, 6.45) is 3.75. The first kappa shape index (κ1) is 12.1. The molecule has 1 nitrogen and oxygen atoms in total. The fraction of sp³-hybridized carbons (Fsp3) is 0. The van der Waals surface area contributed by atoms with Crippen LogP contribution in [0.4, 0.5) is 0 Å². The maximum Gasteiger partial charge on any atom is 0.246 e. The van der Waals surface area contributed by atoms with Crippen molar-refractivity contribution in [3.63, 3.8) is 0 Å². The van der Waals surface area contributed by atoms with E-state index in [0.29, 0.717) is 0 Å². The molecular weight excluding hydrogens is 404 g/mol. The van der Waals surface area contributed by atoms with E-state index in [9.17, 15) is 0 Å². The van der Waals surface area contributed by atoms with Gasteiger partial charge in [-0.3, -0.25) is 0 Å². The van der Waals surface area contributed by atoms with Crippen LogP contribution in [0.3, 0.4) is 0 Å². The Kier molecular flexibility index (Phi) is 7.31. The van der Waals surface area contributed by atoms with Crippen molar-refractivity contribution in [2.75, 3.05) is 0 Å². The largest absolute Gasteiger partial charge is 0.311 e. The number of aromatic nitrogens is 1. The lowest BCUT2D eigenvalue weighted by Crippen LogP contribution is -1.93. The van der Waals surface area contributed by atoms with E-state index in [4.69, 9.17) is 0 Å². The lowest BCUT2D eigenvalue weighted by Gasteiger charge is -2.05. The van der Waals surface area contributed by atoms with Gasteiger partial charge in [0, 0.05) is 12.1 Å². The molecule has 62 valence electrons. The minimum absolute atomic E-state index is 0.750. The molecule has 0 saturated carbocycles. The van der Waals surface area contributed by atoms with Gasteiger partial charge in [0.1, 0.15) is 0 Å². The van der Waals surface area contributed by atoms with Gasteiger partial charge in [0.15, 0.2) is 12.4 Å². The van der Waals surface area contributed by atoms with Crippen LogP contribution in [-0.2, 0) is 0 Å². The third-order valence-electron chi connectivity index (χ3n) is 0.607. The van der Waals surface area contributed by atoms with Gasteiger partial charge in [-0.25, -0.2) is 4.98 Å². The lowest BCUT2D eigenvalue weighted by atomic mass is 10.5. The second-order valence-electron chi connectivity index (χ2n) is 1.57. The van der Waals surface area contributed by atoms with Crippen molar-refractivity contribution in [3.05, 3.63) is 30.6 Å². The SMILES string of the molecule is Br[B-](Br)(Br)Br.c1cc[nH+]cc1. The minimum atomic E-state index is -0.750. The molecule has 1 aromatic heterocycles. The number of pyridine rings is 1. The van der Waals surface area contributed by atoms with Gasteiger partial charge in [-0.1, -0.05) is 6.07 Å². The van der Waals surface area contributed by atoms with E-state index in [1.807, 2.05) is 30.6 Å². The van der Waals surface area contributed by atoms with Gasteiger partial charge < -0.3 is 63.0 Å². The summed E-state index contributed by atoms with van der Waals surface area (Å²) >= 11 is 12.8. The summed E-state index contributed by atoms with van der Waals surface area (Å²) in [6.45, 7) is 0. The average molecular weight is 411 g/mol. The van der Waals surface area contributed by atoms with E-state index in [2.05, 4.69) is 68.0 Å². The van der Waals surface area contributed by atoms with Crippen molar-refractivity contribution in [1.29, 1.82) is 0 Å². The first-order valence-corrected chi connectivity index (χ1v) is 6.45. The zero-order valence-corrected chi connectivity index (χ0v) is 11.8. The van der Waals surface area contributed by atoms with Crippen molar-refractivity contribution in [2.45, 2.75) is 0 Å². The van der Waals surface area contributed by atoms with Gasteiger partial charge in [0.05, 0.1) is 0 Å². The standard InChI is InChI=1S/C5H5N.BBr4/c1-2-4-6-5-3-1;2-1(3,4)5/h1-5H;/q;-1/p+1. The van der Waals surface area contributed by atoms with Crippen molar-refractivity contribution in [2.24, 2.45) is 0 Å². The molecule has 0 saturated heterocycles. The highest BCUT2D eigenvalue weighted by Gasteiger charge is 1.99. The molecule has 11 heavy (non-hydrogen) atoms. The highest BCUT2D eigenvalue weighted by Crippen LogP contribution is 2.33. The molecule has 0 aliphatic carbocycles. The zero-order chi connectivity index (χ0) is 8.74. The second kappa shape index (κ2) is 6.63. The van der Waals surface area contributed by atoms with E-state index in [-0.39, 0.29) is 0 Å². The lowest BCUT2D eigenvalue weighted by molar-refractivity contribution is -0.377. The van der Waals surface area contributed by atoms with E-state index >= 15 is 0 Å². The Labute approximate surface area is 99.2 Å². The Morgan fingerprint density at radius 3 is 1.27 bits per heavy atom. The van der Waals surface area contributed by atoms with Crippen molar-refractivity contribution in [3.8, 4) is 0 Å². The van der Waals surface area contributed by atoms with Crippen LogP contribution in [0.5, 0.6) is 0 Å². The molecule has 1 heterocycles. The van der Waals surface area contributed by atoms with Crippen molar-refractivity contribution >= 4 is 64.5 Å². The smallest absolute Gasteiger partial charge is 0.246 e. The average Bonchev–Trinajstić information content (AvgIpc) is 1.88. The van der Waals surface area contributed by atoms with Gasteiger partial charge in [-0.2, -0.15) is 0 Å². The van der Waals surface area contributed by atoms with E-state index in [1.165, 1.54) is 0 Å². The predicted molar refractivity (Wildman–Crippen MR) is 64.5 cm³/mol. The molecule has 0 aromatic carbocycles. The topological polar surface area (TPSA) is 14.1 Å². The first-order valence-electron chi connectivity index (χ1n) is 2.78. The zero-order valence-electron chi connectivity index (χ0n) is 5.48. The Morgan fingerprint density at radius 2 is 1.18 bits per heavy atom. The molecule has 0 fully saturated rings. The maximum atomic E-state index is 3.19. The summed E-state index contributed by atoms with van der Waals surface area (Å²) < 4.78 is -0.750. The summed E-state index contributed by atoms with van der Waals surface area (Å²) in [5.41, 5.74) is 0.